The van der Waals surface area contributed by atoms with Crippen LogP contribution in [-0.4, -0.2) is 30.9 Å². The molecule has 1 N–H and O–H groups in total. The number of thiazole rings is 1. The lowest BCUT2D eigenvalue weighted by atomic mass is 10.0. The third kappa shape index (κ3) is 3.22. The monoisotopic (exact) mass is 452 g/mol. The van der Waals surface area contributed by atoms with Crippen molar-refractivity contribution < 1.29 is 18.3 Å². The fourth-order valence-electron chi connectivity index (χ4n) is 4.64. The number of hydrogen-bond donors (Lipinski definition) is 1. The van der Waals surface area contributed by atoms with Crippen LogP contribution in [-0.2, 0) is 11.6 Å². The molecule has 3 heterocycles. The van der Waals surface area contributed by atoms with E-state index in [0.717, 1.165) is 35.9 Å². The third-order valence-electron chi connectivity index (χ3n) is 6.73. The van der Waals surface area contributed by atoms with E-state index in [9.17, 15) is 23.1 Å². The number of aryl methyl sites for hydroxylation is 1. The first-order valence-electron chi connectivity index (χ1n) is 10.4. The lowest BCUT2D eigenvalue weighted by Crippen LogP contribution is -2.23. The van der Waals surface area contributed by atoms with E-state index in [1.54, 1.807) is 11.3 Å². The van der Waals surface area contributed by atoms with Crippen molar-refractivity contribution in [3.05, 3.63) is 50.1 Å². The maximum atomic E-state index is 13.3. The molecule has 0 radical (unpaired) electrons. The first-order chi connectivity index (χ1) is 14.5. The Balaban J connectivity index is 1.59. The van der Waals surface area contributed by atoms with E-state index < -0.39 is 17.9 Å². The first kappa shape index (κ1) is 20.7. The van der Waals surface area contributed by atoms with Crippen molar-refractivity contribution in [1.29, 1.82) is 0 Å². The molecular formula is C21H23F3N4O2S. The van der Waals surface area contributed by atoms with Gasteiger partial charge in [0, 0.05) is 40.3 Å². The maximum Gasteiger partial charge on any atom is 0.435 e. The molecule has 3 atom stereocenters. The SMILES string of the molecule is Cc1sc2nc(C(C)n3nc(C(F)(F)F)cc3C3CC3)cc(=O)n2c1C1(C)CC1CO. The van der Waals surface area contributed by atoms with Crippen LogP contribution in [0.25, 0.3) is 4.96 Å². The molecule has 2 fully saturated rings. The van der Waals surface area contributed by atoms with Crippen LogP contribution in [0.2, 0.25) is 0 Å². The molecule has 3 aromatic heterocycles. The zero-order chi connectivity index (χ0) is 22.3. The minimum absolute atomic E-state index is 0.0648. The number of alkyl halides is 3. The van der Waals surface area contributed by atoms with Crippen LogP contribution in [0.15, 0.2) is 16.9 Å². The average Bonchev–Trinajstić information content (AvgIpc) is 3.56. The van der Waals surface area contributed by atoms with E-state index in [1.807, 2.05) is 13.8 Å². The Morgan fingerprint density at radius 1 is 1.35 bits per heavy atom. The number of aliphatic hydroxyl groups excluding tert-OH is 1. The molecular weight excluding hydrogens is 429 g/mol. The molecule has 0 spiro atoms. The third-order valence-corrected chi connectivity index (χ3v) is 7.68. The van der Waals surface area contributed by atoms with Gasteiger partial charge in [-0.05, 0) is 45.1 Å². The Morgan fingerprint density at radius 2 is 2.06 bits per heavy atom. The largest absolute Gasteiger partial charge is 0.435 e. The van der Waals surface area contributed by atoms with Gasteiger partial charge in [-0.25, -0.2) is 4.98 Å². The van der Waals surface area contributed by atoms with Crippen LogP contribution in [0.4, 0.5) is 13.2 Å². The van der Waals surface area contributed by atoms with E-state index in [4.69, 9.17) is 0 Å². The normalized spacial score (nSPS) is 24.7. The predicted octanol–water partition coefficient (Wildman–Crippen LogP) is 4.04. The highest BCUT2D eigenvalue weighted by Gasteiger charge is 2.53. The second-order valence-electron chi connectivity index (χ2n) is 8.99. The Bertz CT molecular complexity index is 1240. The topological polar surface area (TPSA) is 72.4 Å². The summed E-state index contributed by atoms with van der Waals surface area (Å²) < 4.78 is 42.8. The summed E-state index contributed by atoms with van der Waals surface area (Å²) in [6.45, 7) is 5.76. The van der Waals surface area contributed by atoms with Gasteiger partial charge in [0.15, 0.2) is 10.7 Å². The molecule has 3 aromatic rings. The molecule has 5 rings (SSSR count). The van der Waals surface area contributed by atoms with Gasteiger partial charge >= 0.3 is 6.18 Å². The predicted molar refractivity (Wildman–Crippen MR) is 110 cm³/mol. The molecule has 2 aliphatic rings. The van der Waals surface area contributed by atoms with E-state index >= 15 is 0 Å². The summed E-state index contributed by atoms with van der Waals surface area (Å²) in [5.41, 5.74) is 0.383. The number of rotatable bonds is 5. The van der Waals surface area contributed by atoms with Crippen molar-refractivity contribution in [2.75, 3.05) is 6.61 Å². The van der Waals surface area contributed by atoms with Crippen LogP contribution in [0.1, 0.15) is 72.7 Å². The van der Waals surface area contributed by atoms with Crippen LogP contribution in [0.5, 0.6) is 0 Å². The summed E-state index contributed by atoms with van der Waals surface area (Å²) in [4.78, 5) is 19.2. The smallest absolute Gasteiger partial charge is 0.396 e. The second kappa shape index (κ2) is 6.65. The maximum absolute atomic E-state index is 13.3. The standard InChI is InChI=1S/C21H23F3N4O2S/c1-10(28-15(12-4-5-12)7-16(26-28)21(22,23)24)14-6-17(30)27-18(11(2)31-19(27)25-14)20(3)8-13(20)9-29/h6-7,10,12-13,29H,4-5,8-9H2,1-3H3. The summed E-state index contributed by atoms with van der Waals surface area (Å²) in [5.74, 6) is 0.178. The molecule has 10 heteroatoms. The van der Waals surface area contributed by atoms with Gasteiger partial charge < -0.3 is 5.11 Å². The van der Waals surface area contributed by atoms with E-state index in [1.165, 1.54) is 22.1 Å². The Morgan fingerprint density at radius 3 is 2.65 bits per heavy atom. The highest BCUT2D eigenvalue weighted by Crippen LogP contribution is 2.55. The molecule has 6 nitrogen and oxygen atoms in total. The number of fused-ring (bicyclic) bond motifs is 1. The second-order valence-corrected chi connectivity index (χ2v) is 10.2. The summed E-state index contributed by atoms with van der Waals surface area (Å²) in [5, 5.41) is 13.4. The Kier molecular flexibility index (Phi) is 4.44. The zero-order valence-corrected chi connectivity index (χ0v) is 18.2. The number of halogens is 3. The van der Waals surface area contributed by atoms with Crippen molar-refractivity contribution in [3.8, 4) is 0 Å². The molecule has 31 heavy (non-hydrogen) atoms. The molecule has 3 unspecified atom stereocenters. The molecule has 0 amide bonds. The lowest BCUT2D eigenvalue weighted by molar-refractivity contribution is -0.141. The number of hydrogen-bond acceptors (Lipinski definition) is 5. The Labute approximate surface area is 180 Å². The van der Waals surface area contributed by atoms with Crippen molar-refractivity contribution >= 4 is 16.3 Å². The van der Waals surface area contributed by atoms with E-state index in [2.05, 4.69) is 10.1 Å². The summed E-state index contributed by atoms with van der Waals surface area (Å²) in [6.07, 6.45) is -2.04. The van der Waals surface area contributed by atoms with Gasteiger partial charge in [-0.1, -0.05) is 6.92 Å². The summed E-state index contributed by atoms with van der Waals surface area (Å²) in [6, 6.07) is 1.92. The highest BCUT2D eigenvalue weighted by atomic mass is 32.1. The number of aliphatic hydroxyl groups is 1. The molecule has 166 valence electrons. The van der Waals surface area contributed by atoms with E-state index in [0.29, 0.717) is 16.3 Å². The van der Waals surface area contributed by atoms with Gasteiger partial charge in [0.1, 0.15) is 0 Å². The van der Waals surface area contributed by atoms with Gasteiger partial charge in [0.2, 0.25) is 0 Å². The molecule has 0 bridgehead atoms. The van der Waals surface area contributed by atoms with Gasteiger partial charge in [-0.2, -0.15) is 18.3 Å². The zero-order valence-electron chi connectivity index (χ0n) is 17.4. The first-order valence-corrected chi connectivity index (χ1v) is 11.2. The number of nitrogens with zero attached hydrogens (tertiary/aromatic N) is 4. The number of aromatic nitrogens is 4. The summed E-state index contributed by atoms with van der Waals surface area (Å²) in [7, 11) is 0. The highest BCUT2D eigenvalue weighted by molar-refractivity contribution is 7.17. The van der Waals surface area contributed by atoms with Gasteiger partial charge in [-0.3, -0.25) is 13.9 Å². The molecule has 0 saturated heterocycles. The van der Waals surface area contributed by atoms with Crippen molar-refractivity contribution in [2.45, 2.75) is 63.6 Å². The quantitative estimate of drug-likeness (QED) is 0.634. The van der Waals surface area contributed by atoms with Crippen molar-refractivity contribution in [2.24, 2.45) is 5.92 Å². The fraction of sp³-hybridized carbons (Fsp3) is 0.571. The van der Waals surface area contributed by atoms with Crippen LogP contribution >= 0.6 is 11.3 Å². The van der Waals surface area contributed by atoms with Crippen molar-refractivity contribution in [1.82, 2.24) is 19.2 Å². The Hall–Kier alpha value is -2.20. The lowest BCUT2D eigenvalue weighted by Gasteiger charge is -2.16. The summed E-state index contributed by atoms with van der Waals surface area (Å²) >= 11 is 1.39. The fourth-order valence-corrected chi connectivity index (χ4v) is 5.76. The van der Waals surface area contributed by atoms with Gasteiger partial charge in [-0.15, -0.1) is 11.3 Å². The van der Waals surface area contributed by atoms with Crippen LogP contribution in [0, 0.1) is 12.8 Å². The molecule has 0 aliphatic heterocycles. The average molecular weight is 453 g/mol. The van der Waals surface area contributed by atoms with Crippen LogP contribution in [0.3, 0.4) is 0 Å². The van der Waals surface area contributed by atoms with Crippen molar-refractivity contribution in [3.63, 3.8) is 0 Å². The van der Waals surface area contributed by atoms with Gasteiger partial charge in [0.25, 0.3) is 5.56 Å². The van der Waals surface area contributed by atoms with Crippen LogP contribution < -0.4 is 5.56 Å². The molecule has 0 aromatic carbocycles. The van der Waals surface area contributed by atoms with Gasteiger partial charge in [0.05, 0.1) is 11.7 Å². The van der Waals surface area contributed by atoms with E-state index in [-0.39, 0.29) is 29.4 Å². The molecule has 2 aliphatic carbocycles. The minimum Gasteiger partial charge on any atom is -0.396 e. The molecule has 2 saturated carbocycles. The minimum atomic E-state index is -4.52.